The fourth-order valence-corrected chi connectivity index (χ4v) is 3.38. The Kier molecular flexibility index (Phi) is 10.0. The molecule has 1 atom stereocenters. The Bertz CT molecular complexity index is 1270. The third-order valence-corrected chi connectivity index (χ3v) is 5.32. The van der Waals surface area contributed by atoms with Crippen LogP contribution in [0.5, 0.6) is 0 Å². The number of carbonyl (C=O) groups is 3. The molecule has 0 saturated carbocycles. The molecule has 9 nitrogen and oxygen atoms in total. The molecule has 0 radical (unpaired) electrons. The maximum absolute atomic E-state index is 12.3. The van der Waals surface area contributed by atoms with E-state index in [2.05, 4.69) is 27.5 Å². The second-order valence-electron chi connectivity index (χ2n) is 8.33. The van der Waals surface area contributed by atoms with Gasteiger partial charge in [0.1, 0.15) is 12.6 Å². The van der Waals surface area contributed by atoms with Crippen LogP contribution in [0.15, 0.2) is 72.9 Å². The second-order valence-corrected chi connectivity index (χ2v) is 8.33. The van der Waals surface area contributed by atoms with E-state index >= 15 is 0 Å². The van der Waals surface area contributed by atoms with Gasteiger partial charge in [0.05, 0.1) is 12.2 Å². The Morgan fingerprint density at radius 1 is 1.00 bits per heavy atom. The van der Waals surface area contributed by atoms with Crippen LogP contribution in [-0.2, 0) is 16.1 Å². The average Bonchev–Trinajstić information content (AvgIpc) is 2.91. The van der Waals surface area contributed by atoms with Gasteiger partial charge < -0.3 is 21.5 Å². The number of nitrogens with zero attached hydrogens (tertiary/aromatic N) is 2. The number of ketones is 1. The molecule has 0 bridgehead atoms. The largest absolute Gasteiger partial charge is 0.388 e. The van der Waals surface area contributed by atoms with E-state index in [4.69, 9.17) is 10.8 Å². The molecular weight excluding hydrogens is 470 g/mol. The molecule has 2 aromatic carbocycles. The standard InChI is InChI=1S/C28H29N5O4/c1-33(17-24-4-2-3-15-30-24)18-27(36)31-23-13-9-21(10-14-23)6-5-20-7-11-22(12-8-20)28(37)32-25(16-29)26(35)19-34/h2-4,7-15,25,34H,16-19,29H2,1H3,(H,31,36)(H,32,37)/t25-/m0/s1. The minimum atomic E-state index is -0.933. The molecule has 5 N–H and O–H groups in total. The van der Waals surface area contributed by atoms with Crippen molar-refractivity contribution in [3.63, 3.8) is 0 Å². The van der Waals surface area contributed by atoms with Crippen LogP contribution in [0.3, 0.4) is 0 Å². The summed E-state index contributed by atoms with van der Waals surface area (Å²) in [5.74, 6) is 4.94. The van der Waals surface area contributed by atoms with Gasteiger partial charge in [-0.25, -0.2) is 0 Å². The highest BCUT2D eigenvalue weighted by Gasteiger charge is 2.18. The van der Waals surface area contributed by atoms with E-state index in [9.17, 15) is 14.4 Å². The van der Waals surface area contributed by atoms with Gasteiger partial charge >= 0.3 is 0 Å². The first-order chi connectivity index (χ1) is 17.9. The number of Topliss-reactive ketones (excluding diaryl/α,β-unsaturated/α-hetero) is 1. The van der Waals surface area contributed by atoms with Gasteiger partial charge in [0.15, 0.2) is 5.78 Å². The van der Waals surface area contributed by atoms with Gasteiger partial charge in [-0.2, -0.15) is 0 Å². The summed E-state index contributed by atoms with van der Waals surface area (Å²) < 4.78 is 0. The topological polar surface area (TPSA) is 138 Å². The number of aliphatic hydroxyl groups excluding tert-OH is 1. The van der Waals surface area contributed by atoms with Crippen molar-refractivity contribution in [2.24, 2.45) is 5.73 Å². The average molecular weight is 500 g/mol. The summed E-state index contributed by atoms with van der Waals surface area (Å²) in [6.45, 7) is 0.0248. The number of aromatic nitrogens is 1. The number of hydrogen-bond donors (Lipinski definition) is 4. The van der Waals surface area contributed by atoms with Crippen molar-refractivity contribution in [3.05, 3.63) is 95.3 Å². The van der Waals surface area contributed by atoms with Gasteiger partial charge in [0.25, 0.3) is 5.91 Å². The third kappa shape index (κ3) is 8.66. The second kappa shape index (κ2) is 13.7. The third-order valence-electron chi connectivity index (χ3n) is 5.32. The lowest BCUT2D eigenvalue weighted by Crippen LogP contribution is -2.46. The highest BCUT2D eigenvalue weighted by Crippen LogP contribution is 2.10. The number of nitrogens with one attached hydrogen (secondary N) is 2. The lowest BCUT2D eigenvalue weighted by Gasteiger charge is -2.15. The first-order valence-corrected chi connectivity index (χ1v) is 11.6. The van der Waals surface area contributed by atoms with E-state index in [1.165, 1.54) is 0 Å². The van der Waals surface area contributed by atoms with Crippen LogP contribution in [0.25, 0.3) is 0 Å². The van der Waals surface area contributed by atoms with Crippen molar-refractivity contribution in [1.82, 2.24) is 15.2 Å². The van der Waals surface area contributed by atoms with Crippen LogP contribution in [0.4, 0.5) is 5.69 Å². The van der Waals surface area contributed by atoms with Crippen LogP contribution in [0, 0.1) is 11.8 Å². The zero-order valence-electron chi connectivity index (χ0n) is 20.5. The summed E-state index contributed by atoms with van der Waals surface area (Å²) in [4.78, 5) is 42.4. The number of anilines is 1. The molecule has 0 spiro atoms. The molecule has 0 aliphatic heterocycles. The number of benzene rings is 2. The monoisotopic (exact) mass is 499 g/mol. The molecule has 0 aliphatic rings. The van der Waals surface area contributed by atoms with Crippen molar-refractivity contribution in [2.75, 3.05) is 32.1 Å². The molecule has 190 valence electrons. The molecule has 1 aromatic heterocycles. The summed E-state index contributed by atoms with van der Waals surface area (Å²) in [5, 5.41) is 14.3. The van der Waals surface area contributed by atoms with E-state index in [-0.39, 0.29) is 19.0 Å². The van der Waals surface area contributed by atoms with Crippen LogP contribution < -0.4 is 16.4 Å². The number of pyridine rings is 1. The molecule has 0 fully saturated rings. The lowest BCUT2D eigenvalue weighted by molar-refractivity contribution is -0.123. The molecule has 0 aliphatic carbocycles. The number of likely N-dealkylation sites (N-methyl/N-ethyl adjacent to an activating group) is 1. The van der Waals surface area contributed by atoms with Gasteiger partial charge in [0, 0.05) is 41.7 Å². The smallest absolute Gasteiger partial charge is 0.251 e. The summed E-state index contributed by atoms with van der Waals surface area (Å²) in [7, 11) is 1.86. The van der Waals surface area contributed by atoms with E-state index < -0.39 is 24.3 Å². The zero-order valence-corrected chi connectivity index (χ0v) is 20.5. The molecule has 0 unspecified atom stereocenters. The minimum Gasteiger partial charge on any atom is -0.388 e. The molecular formula is C28H29N5O4. The highest BCUT2D eigenvalue weighted by molar-refractivity contribution is 5.98. The molecule has 37 heavy (non-hydrogen) atoms. The zero-order chi connectivity index (χ0) is 26.6. The van der Waals surface area contributed by atoms with E-state index in [0.717, 1.165) is 11.3 Å². The fourth-order valence-electron chi connectivity index (χ4n) is 3.38. The quantitative estimate of drug-likeness (QED) is 0.307. The summed E-state index contributed by atoms with van der Waals surface area (Å²) in [6.07, 6.45) is 1.73. The van der Waals surface area contributed by atoms with Crippen LogP contribution in [0.1, 0.15) is 27.2 Å². The van der Waals surface area contributed by atoms with Crippen molar-refractivity contribution >= 4 is 23.3 Å². The first-order valence-electron chi connectivity index (χ1n) is 11.6. The molecule has 3 aromatic rings. The first kappa shape index (κ1) is 27.2. The Morgan fingerprint density at radius 3 is 2.22 bits per heavy atom. The Balaban J connectivity index is 1.52. The van der Waals surface area contributed by atoms with Crippen LogP contribution >= 0.6 is 0 Å². The maximum Gasteiger partial charge on any atom is 0.251 e. The number of aliphatic hydroxyl groups is 1. The van der Waals surface area contributed by atoms with Gasteiger partial charge in [0.2, 0.25) is 5.91 Å². The summed E-state index contributed by atoms with van der Waals surface area (Å²) >= 11 is 0. The molecule has 1 heterocycles. The minimum absolute atomic E-state index is 0.0970. The predicted molar refractivity (Wildman–Crippen MR) is 140 cm³/mol. The lowest BCUT2D eigenvalue weighted by atomic mass is 10.1. The molecule has 3 rings (SSSR count). The van der Waals surface area contributed by atoms with E-state index in [1.54, 1.807) is 42.6 Å². The van der Waals surface area contributed by atoms with Crippen molar-refractivity contribution in [2.45, 2.75) is 12.6 Å². The van der Waals surface area contributed by atoms with Crippen LogP contribution in [0.2, 0.25) is 0 Å². The van der Waals surface area contributed by atoms with Crippen molar-refractivity contribution < 1.29 is 19.5 Å². The summed E-state index contributed by atoms with van der Waals surface area (Å²) in [5.41, 5.74) is 8.87. The van der Waals surface area contributed by atoms with Gasteiger partial charge in [-0.1, -0.05) is 17.9 Å². The van der Waals surface area contributed by atoms with Crippen molar-refractivity contribution in [3.8, 4) is 11.8 Å². The molecule has 2 amide bonds. The number of nitrogens with two attached hydrogens (primary N) is 1. The molecule has 0 saturated heterocycles. The number of hydrogen-bond acceptors (Lipinski definition) is 7. The SMILES string of the molecule is CN(CC(=O)Nc1ccc(C#Cc2ccc(C(=O)N[C@@H](CN)C(=O)CO)cc2)cc1)Cc1ccccn1. The summed E-state index contributed by atoms with van der Waals surface area (Å²) in [6, 6.07) is 18.5. The van der Waals surface area contributed by atoms with Gasteiger partial charge in [-0.15, -0.1) is 0 Å². The number of rotatable bonds is 10. The fraction of sp³-hybridized carbons (Fsp3) is 0.214. The Hall–Kier alpha value is -4.36. The van der Waals surface area contributed by atoms with E-state index in [0.29, 0.717) is 23.4 Å². The Labute approximate surface area is 215 Å². The van der Waals surface area contributed by atoms with E-state index in [1.807, 2.05) is 42.3 Å². The number of amides is 2. The predicted octanol–water partition coefficient (Wildman–Crippen LogP) is 1.17. The Morgan fingerprint density at radius 2 is 1.65 bits per heavy atom. The number of carbonyl (C=O) groups excluding carboxylic acids is 3. The normalized spacial score (nSPS) is 11.2. The highest BCUT2D eigenvalue weighted by atomic mass is 16.3. The van der Waals surface area contributed by atoms with Gasteiger partial charge in [-0.05, 0) is 67.7 Å². The maximum atomic E-state index is 12.3. The van der Waals surface area contributed by atoms with Crippen LogP contribution in [-0.4, -0.2) is 65.4 Å². The van der Waals surface area contributed by atoms with Gasteiger partial charge in [-0.3, -0.25) is 24.3 Å². The van der Waals surface area contributed by atoms with Crippen molar-refractivity contribution in [1.29, 1.82) is 0 Å². The molecule has 9 heteroatoms.